The van der Waals surface area contributed by atoms with Gasteiger partial charge in [0.1, 0.15) is 22.6 Å². The smallest absolute Gasteiger partial charge is 0.276 e. The maximum absolute atomic E-state index is 13.4. The van der Waals surface area contributed by atoms with Gasteiger partial charge in [-0.05, 0) is 31.5 Å². The van der Waals surface area contributed by atoms with Crippen LogP contribution in [0.15, 0.2) is 29.3 Å². The average Bonchev–Trinajstić information content (AvgIpc) is 3.30. The molecule has 4 rings (SSSR count). The quantitative estimate of drug-likeness (QED) is 0.655. The maximum atomic E-state index is 13.4. The number of rotatable bonds is 5. The molecule has 3 heterocycles. The molecule has 9 nitrogen and oxygen atoms in total. The van der Waals surface area contributed by atoms with Crippen LogP contribution in [-0.4, -0.2) is 76.9 Å². The molecule has 3 aromatic rings. The summed E-state index contributed by atoms with van der Waals surface area (Å²) in [5.41, 5.74) is 2.22. The summed E-state index contributed by atoms with van der Waals surface area (Å²) in [4.78, 5) is 30.0. The summed E-state index contributed by atoms with van der Waals surface area (Å²) in [7, 11) is 4.77. The lowest BCUT2D eigenvalue weighted by Crippen LogP contribution is -2.50. The molecular weight excluding hydrogens is 410 g/mol. The second kappa shape index (κ2) is 8.66. The van der Waals surface area contributed by atoms with Crippen molar-refractivity contribution in [1.29, 1.82) is 0 Å². The number of carbonyl (C=O) groups excluding carboxylic acids is 1. The van der Waals surface area contributed by atoms with E-state index >= 15 is 0 Å². The van der Waals surface area contributed by atoms with Crippen LogP contribution < -0.4 is 15.0 Å². The minimum Gasteiger partial charge on any atom is -0.496 e. The first kappa shape index (κ1) is 21.9. The van der Waals surface area contributed by atoms with Gasteiger partial charge >= 0.3 is 0 Å². The summed E-state index contributed by atoms with van der Waals surface area (Å²) in [6, 6.07) is 4.08. The van der Waals surface area contributed by atoms with Crippen molar-refractivity contribution < 1.29 is 14.3 Å². The minimum atomic E-state index is -0.160. The topological polar surface area (TPSA) is 92.7 Å². The molecule has 0 atom stereocenters. The Kier molecular flexibility index (Phi) is 5.92. The Morgan fingerprint density at radius 2 is 1.72 bits per heavy atom. The Balaban J connectivity index is 1.76. The SMILES string of the molecule is COc1cc(-c2cn(C)c(=O)c3[nH]ncc23)cc(OC)c1C(=O)N1CCN(C(C)C)CC1. The summed E-state index contributed by atoms with van der Waals surface area (Å²) in [6.07, 6.45) is 3.37. The van der Waals surface area contributed by atoms with E-state index in [0.29, 0.717) is 47.1 Å². The number of H-pyrrole nitrogens is 1. The normalized spacial score (nSPS) is 14.9. The number of aromatic amines is 1. The molecular formula is C23H29N5O4. The zero-order chi connectivity index (χ0) is 23.0. The third-order valence-corrected chi connectivity index (χ3v) is 6.15. The molecule has 32 heavy (non-hydrogen) atoms. The van der Waals surface area contributed by atoms with Gasteiger partial charge in [0.2, 0.25) is 0 Å². The van der Waals surface area contributed by atoms with Crippen LogP contribution in [0.2, 0.25) is 0 Å². The molecule has 1 saturated heterocycles. The molecule has 0 aliphatic carbocycles. The molecule has 1 aliphatic heterocycles. The second-order valence-corrected chi connectivity index (χ2v) is 8.30. The van der Waals surface area contributed by atoms with Crippen LogP contribution in [0.5, 0.6) is 11.5 Å². The summed E-state index contributed by atoms with van der Waals surface area (Å²) in [5, 5.41) is 7.50. The minimum absolute atomic E-state index is 0.109. The first-order valence-corrected chi connectivity index (χ1v) is 10.7. The number of hydrogen-bond acceptors (Lipinski definition) is 6. The monoisotopic (exact) mass is 439 g/mol. The van der Waals surface area contributed by atoms with Crippen molar-refractivity contribution in [3.63, 3.8) is 0 Å². The number of piperazine rings is 1. The Morgan fingerprint density at radius 1 is 1.09 bits per heavy atom. The van der Waals surface area contributed by atoms with Gasteiger partial charge in [0.25, 0.3) is 11.5 Å². The summed E-state index contributed by atoms with van der Waals surface area (Å²) < 4.78 is 12.8. The molecule has 1 fully saturated rings. The largest absolute Gasteiger partial charge is 0.496 e. The summed E-state index contributed by atoms with van der Waals surface area (Å²) in [5.74, 6) is 0.754. The predicted octanol–water partition coefficient (Wildman–Crippen LogP) is 2.11. The lowest BCUT2D eigenvalue weighted by molar-refractivity contribution is 0.0589. The molecule has 0 spiro atoms. The lowest BCUT2D eigenvalue weighted by Gasteiger charge is -2.37. The van der Waals surface area contributed by atoms with Gasteiger partial charge in [-0.15, -0.1) is 0 Å². The van der Waals surface area contributed by atoms with Crippen LogP contribution in [0.1, 0.15) is 24.2 Å². The van der Waals surface area contributed by atoms with Gasteiger partial charge in [-0.25, -0.2) is 0 Å². The summed E-state index contributed by atoms with van der Waals surface area (Å²) in [6.45, 7) is 7.31. The standard InChI is InChI=1S/C23H29N5O4/c1-14(2)27-6-8-28(9-7-27)22(29)20-18(31-4)10-15(11-19(20)32-5)17-13-26(3)23(30)21-16(17)12-24-25-21/h10-14H,6-9H2,1-5H3,(H,24,25). The van der Waals surface area contributed by atoms with Crippen molar-refractivity contribution in [2.75, 3.05) is 40.4 Å². The lowest BCUT2D eigenvalue weighted by atomic mass is 10.00. The van der Waals surface area contributed by atoms with E-state index in [0.717, 1.165) is 24.2 Å². The Labute approximate surface area is 186 Å². The average molecular weight is 440 g/mol. The molecule has 1 aromatic carbocycles. The third kappa shape index (κ3) is 3.73. The van der Waals surface area contributed by atoms with Gasteiger partial charge < -0.3 is 18.9 Å². The first-order valence-electron chi connectivity index (χ1n) is 10.7. The molecule has 1 amide bonds. The van der Waals surface area contributed by atoms with E-state index in [-0.39, 0.29) is 11.5 Å². The molecule has 1 N–H and O–H groups in total. The Hall–Kier alpha value is -3.33. The zero-order valence-corrected chi connectivity index (χ0v) is 19.1. The van der Waals surface area contributed by atoms with Crippen LogP contribution in [0.4, 0.5) is 0 Å². The van der Waals surface area contributed by atoms with Gasteiger partial charge in [-0.3, -0.25) is 19.6 Å². The number of fused-ring (bicyclic) bond motifs is 1. The molecule has 170 valence electrons. The van der Waals surface area contributed by atoms with Gasteiger partial charge in [0, 0.05) is 56.4 Å². The van der Waals surface area contributed by atoms with Crippen molar-refractivity contribution >= 4 is 16.8 Å². The number of nitrogens with zero attached hydrogens (tertiary/aromatic N) is 4. The number of carbonyl (C=O) groups is 1. The third-order valence-electron chi connectivity index (χ3n) is 6.15. The second-order valence-electron chi connectivity index (χ2n) is 8.30. The highest BCUT2D eigenvalue weighted by atomic mass is 16.5. The zero-order valence-electron chi connectivity index (χ0n) is 19.1. The van der Waals surface area contributed by atoms with Gasteiger partial charge in [-0.1, -0.05) is 0 Å². The van der Waals surface area contributed by atoms with Crippen LogP contribution in [0.25, 0.3) is 22.0 Å². The number of ether oxygens (including phenoxy) is 2. The fourth-order valence-electron chi connectivity index (χ4n) is 4.26. The molecule has 0 saturated carbocycles. The van der Waals surface area contributed by atoms with Crippen molar-refractivity contribution in [3.05, 3.63) is 40.4 Å². The number of hydrogen-bond donors (Lipinski definition) is 1. The van der Waals surface area contributed by atoms with Crippen LogP contribution in [0.3, 0.4) is 0 Å². The molecule has 0 unspecified atom stereocenters. The first-order chi connectivity index (χ1) is 15.3. The van der Waals surface area contributed by atoms with Gasteiger partial charge in [-0.2, -0.15) is 5.10 Å². The molecule has 9 heteroatoms. The number of aromatic nitrogens is 3. The van der Waals surface area contributed by atoms with Crippen molar-refractivity contribution in [2.24, 2.45) is 7.05 Å². The fraction of sp³-hybridized carbons (Fsp3) is 0.435. The maximum Gasteiger partial charge on any atom is 0.276 e. The van der Waals surface area contributed by atoms with Gasteiger partial charge in [0.05, 0.1) is 20.4 Å². The number of amides is 1. The number of benzene rings is 1. The molecule has 0 radical (unpaired) electrons. The summed E-state index contributed by atoms with van der Waals surface area (Å²) >= 11 is 0. The van der Waals surface area contributed by atoms with E-state index in [1.54, 1.807) is 33.7 Å². The Bertz CT molecular complexity index is 1180. The van der Waals surface area contributed by atoms with E-state index in [1.165, 1.54) is 4.57 Å². The van der Waals surface area contributed by atoms with Crippen LogP contribution in [0, 0.1) is 0 Å². The highest BCUT2D eigenvalue weighted by Gasteiger charge is 2.29. The van der Waals surface area contributed by atoms with E-state index < -0.39 is 0 Å². The Morgan fingerprint density at radius 3 is 2.28 bits per heavy atom. The molecule has 2 aromatic heterocycles. The molecule has 0 bridgehead atoms. The van der Waals surface area contributed by atoms with Gasteiger partial charge in [0.15, 0.2) is 0 Å². The predicted molar refractivity (Wildman–Crippen MR) is 122 cm³/mol. The van der Waals surface area contributed by atoms with Crippen LogP contribution >= 0.6 is 0 Å². The van der Waals surface area contributed by atoms with E-state index in [4.69, 9.17) is 9.47 Å². The van der Waals surface area contributed by atoms with Crippen molar-refractivity contribution in [3.8, 4) is 22.6 Å². The van der Waals surface area contributed by atoms with Crippen molar-refractivity contribution in [2.45, 2.75) is 19.9 Å². The number of aryl methyl sites for hydroxylation is 1. The number of pyridine rings is 1. The van der Waals surface area contributed by atoms with E-state index in [9.17, 15) is 9.59 Å². The number of nitrogens with one attached hydrogen (secondary N) is 1. The molecule has 1 aliphatic rings. The van der Waals surface area contributed by atoms with E-state index in [1.807, 2.05) is 17.0 Å². The van der Waals surface area contributed by atoms with Crippen molar-refractivity contribution in [1.82, 2.24) is 24.6 Å². The highest BCUT2D eigenvalue weighted by Crippen LogP contribution is 2.37. The highest BCUT2D eigenvalue weighted by molar-refractivity contribution is 6.02. The fourth-order valence-corrected chi connectivity index (χ4v) is 4.26. The van der Waals surface area contributed by atoms with E-state index in [2.05, 4.69) is 28.9 Å². The van der Waals surface area contributed by atoms with Crippen LogP contribution in [-0.2, 0) is 7.05 Å². The number of methoxy groups -OCH3 is 2.